The first kappa shape index (κ1) is 14.9. The van der Waals surface area contributed by atoms with Crippen molar-refractivity contribution in [3.8, 4) is 11.5 Å². The van der Waals surface area contributed by atoms with Crippen LogP contribution in [0, 0.1) is 6.92 Å². The van der Waals surface area contributed by atoms with Crippen LogP contribution in [-0.2, 0) is 5.33 Å². The number of halogens is 1. The molecule has 3 heteroatoms. The lowest BCUT2D eigenvalue weighted by Crippen LogP contribution is -2.06. The van der Waals surface area contributed by atoms with E-state index in [1.54, 1.807) is 0 Å². The minimum Gasteiger partial charge on any atom is -0.493 e. The first-order valence-electron chi connectivity index (χ1n) is 6.76. The Kier molecular flexibility index (Phi) is 5.93. The van der Waals surface area contributed by atoms with Crippen molar-refractivity contribution in [2.75, 3.05) is 13.2 Å². The van der Waals surface area contributed by atoms with Crippen molar-refractivity contribution in [3.63, 3.8) is 0 Å². The van der Waals surface area contributed by atoms with Gasteiger partial charge in [0.2, 0.25) is 0 Å². The van der Waals surface area contributed by atoms with E-state index in [-0.39, 0.29) is 0 Å². The molecule has 106 valence electrons. The van der Waals surface area contributed by atoms with Gasteiger partial charge < -0.3 is 9.47 Å². The zero-order chi connectivity index (χ0) is 14.2. The lowest BCUT2D eigenvalue weighted by molar-refractivity contribution is 0.245. The van der Waals surface area contributed by atoms with E-state index in [1.807, 2.05) is 30.3 Å². The standard InChI is InChI=1S/C17H19BrO2/c1-14-7-5-8-15(13-18)17(14)20-12-6-11-19-16-9-3-2-4-10-16/h2-5,7-10H,6,11-13H2,1H3. The number of aryl methyl sites for hydroxylation is 1. The number of ether oxygens (including phenoxy) is 2. The van der Waals surface area contributed by atoms with Crippen LogP contribution in [0.15, 0.2) is 48.5 Å². The van der Waals surface area contributed by atoms with Gasteiger partial charge in [0, 0.05) is 17.3 Å². The minimum atomic E-state index is 0.664. The van der Waals surface area contributed by atoms with Crippen LogP contribution < -0.4 is 9.47 Å². The number of benzene rings is 2. The van der Waals surface area contributed by atoms with Gasteiger partial charge in [0.25, 0.3) is 0 Å². The molecule has 0 saturated carbocycles. The fourth-order valence-electron chi connectivity index (χ4n) is 1.96. The van der Waals surface area contributed by atoms with Crippen LogP contribution in [0.1, 0.15) is 17.5 Å². The summed E-state index contributed by atoms with van der Waals surface area (Å²) in [5.74, 6) is 1.90. The third-order valence-electron chi connectivity index (χ3n) is 2.98. The summed E-state index contributed by atoms with van der Waals surface area (Å²) in [6.45, 7) is 3.40. The predicted octanol–water partition coefficient (Wildman–Crippen LogP) is 4.74. The number of alkyl halides is 1. The SMILES string of the molecule is Cc1cccc(CBr)c1OCCCOc1ccccc1. The Morgan fingerprint density at radius 2 is 1.65 bits per heavy atom. The summed E-state index contributed by atoms with van der Waals surface area (Å²) < 4.78 is 11.5. The third kappa shape index (κ3) is 4.27. The predicted molar refractivity (Wildman–Crippen MR) is 85.9 cm³/mol. The number of rotatable bonds is 7. The Labute approximate surface area is 128 Å². The van der Waals surface area contributed by atoms with Gasteiger partial charge in [-0.15, -0.1) is 0 Å². The molecule has 20 heavy (non-hydrogen) atoms. The molecule has 2 aromatic carbocycles. The van der Waals surface area contributed by atoms with Crippen molar-refractivity contribution in [3.05, 3.63) is 59.7 Å². The van der Waals surface area contributed by atoms with Crippen LogP contribution in [0.3, 0.4) is 0 Å². The third-order valence-corrected chi connectivity index (χ3v) is 3.59. The first-order chi connectivity index (χ1) is 9.81. The van der Waals surface area contributed by atoms with E-state index >= 15 is 0 Å². The fraction of sp³-hybridized carbons (Fsp3) is 0.294. The molecule has 0 fully saturated rings. The van der Waals surface area contributed by atoms with Crippen LogP contribution in [0.4, 0.5) is 0 Å². The maximum absolute atomic E-state index is 5.89. The summed E-state index contributed by atoms with van der Waals surface area (Å²) in [6, 6.07) is 16.1. The van der Waals surface area contributed by atoms with Crippen molar-refractivity contribution in [2.45, 2.75) is 18.7 Å². The van der Waals surface area contributed by atoms with Gasteiger partial charge in [0.05, 0.1) is 13.2 Å². The van der Waals surface area contributed by atoms with Gasteiger partial charge in [-0.05, 0) is 24.6 Å². The van der Waals surface area contributed by atoms with E-state index in [1.165, 1.54) is 11.1 Å². The molecule has 0 aliphatic carbocycles. The zero-order valence-corrected chi connectivity index (χ0v) is 13.2. The molecule has 0 aliphatic heterocycles. The monoisotopic (exact) mass is 334 g/mol. The molecule has 0 N–H and O–H groups in total. The number of para-hydroxylation sites is 2. The molecule has 0 unspecified atom stereocenters. The van der Waals surface area contributed by atoms with Gasteiger partial charge in [-0.1, -0.05) is 52.3 Å². The topological polar surface area (TPSA) is 18.5 Å². The average Bonchev–Trinajstić information content (AvgIpc) is 2.49. The Morgan fingerprint density at radius 1 is 0.900 bits per heavy atom. The molecule has 0 heterocycles. The molecule has 0 spiro atoms. The molecule has 2 nitrogen and oxygen atoms in total. The highest BCUT2D eigenvalue weighted by molar-refractivity contribution is 9.08. The number of hydrogen-bond acceptors (Lipinski definition) is 2. The second-order valence-electron chi connectivity index (χ2n) is 4.56. The van der Waals surface area contributed by atoms with E-state index < -0.39 is 0 Å². The summed E-state index contributed by atoms with van der Waals surface area (Å²) in [6.07, 6.45) is 0.866. The molecule has 0 aromatic heterocycles. The Balaban J connectivity index is 1.76. The van der Waals surface area contributed by atoms with E-state index in [2.05, 4.69) is 41.1 Å². The maximum Gasteiger partial charge on any atom is 0.126 e. The Hall–Kier alpha value is -1.48. The van der Waals surface area contributed by atoms with Gasteiger partial charge >= 0.3 is 0 Å². The van der Waals surface area contributed by atoms with Crippen LogP contribution in [0.2, 0.25) is 0 Å². The summed E-state index contributed by atoms with van der Waals surface area (Å²) in [4.78, 5) is 0. The van der Waals surface area contributed by atoms with Crippen molar-refractivity contribution < 1.29 is 9.47 Å². The smallest absolute Gasteiger partial charge is 0.126 e. The molecule has 2 aromatic rings. The van der Waals surface area contributed by atoms with E-state index in [0.717, 1.165) is 23.2 Å². The van der Waals surface area contributed by atoms with Gasteiger partial charge in [-0.3, -0.25) is 0 Å². The fourth-order valence-corrected chi connectivity index (χ4v) is 2.41. The second-order valence-corrected chi connectivity index (χ2v) is 5.12. The lowest BCUT2D eigenvalue weighted by atomic mass is 10.1. The highest BCUT2D eigenvalue weighted by Gasteiger charge is 2.05. The molecule has 0 atom stereocenters. The lowest BCUT2D eigenvalue weighted by Gasteiger charge is -2.13. The molecule has 0 aliphatic rings. The van der Waals surface area contributed by atoms with Crippen molar-refractivity contribution in [1.82, 2.24) is 0 Å². The minimum absolute atomic E-state index is 0.664. The zero-order valence-electron chi connectivity index (χ0n) is 11.6. The molecular formula is C17H19BrO2. The normalized spacial score (nSPS) is 10.3. The van der Waals surface area contributed by atoms with Crippen molar-refractivity contribution in [2.24, 2.45) is 0 Å². The maximum atomic E-state index is 5.89. The molecule has 0 bridgehead atoms. The molecule has 2 rings (SSSR count). The van der Waals surface area contributed by atoms with Gasteiger partial charge in [-0.25, -0.2) is 0 Å². The van der Waals surface area contributed by atoms with Gasteiger partial charge in [-0.2, -0.15) is 0 Å². The van der Waals surface area contributed by atoms with E-state index in [4.69, 9.17) is 9.47 Å². The summed E-state index contributed by atoms with van der Waals surface area (Å²) >= 11 is 3.49. The molecule has 0 saturated heterocycles. The molecule has 0 radical (unpaired) electrons. The average molecular weight is 335 g/mol. The highest BCUT2D eigenvalue weighted by Crippen LogP contribution is 2.25. The van der Waals surface area contributed by atoms with E-state index in [0.29, 0.717) is 13.2 Å². The van der Waals surface area contributed by atoms with Crippen LogP contribution in [-0.4, -0.2) is 13.2 Å². The quantitative estimate of drug-likeness (QED) is 0.538. The van der Waals surface area contributed by atoms with Crippen LogP contribution in [0.25, 0.3) is 0 Å². The first-order valence-corrected chi connectivity index (χ1v) is 7.88. The molecular weight excluding hydrogens is 316 g/mol. The Bertz CT molecular complexity index is 526. The number of hydrogen-bond donors (Lipinski definition) is 0. The summed E-state index contributed by atoms with van der Waals surface area (Å²) in [5, 5.41) is 0.810. The Morgan fingerprint density at radius 3 is 2.40 bits per heavy atom. The second kappa shape index (κ2) is 7.95. The summed E-state index contributed by atoms with van der Waals surface area (Å²) in [7, 11) is 0. The highest BCUT2D eigenvalue weighted by atomic mass is 79.9. The van der Waals surface area contributed by atoms with Crippen LogP contribution >= 0.6 is 15.9 Å². The van der Waals surface area contributed by atoms with Gasteiger partial charge in [0.15, 0.2) is 0 Å². The molecule has 0 amide bonds. The van der Waals surface area contributed by atoms with E-state index in [9.17, 15) is 0 Å². The largest absolute Gasteiger partial charge is 0.493 e. The summed E-state index contributed by atoms with van der Waals surface area (Å²) in [5.41, 5.74) is 2.36. The van der Waals surface area contributed by atoms with Crippen molar-refractivity contribution in [1.29, 1.82) is 0 Å². The van der Waals surface area contributed by atoms with Crippen LogP contribution in [0.5, 0.6) is 11.5 Å². The van der Waals surface area contributed by atoms with Gasteiger partial charge in [0.1, 0.15) is 11.5 Å². The van der Waals surface area contributed by atoms with Crippen molar-refractivity contribution >= 4 is 15.9 Å².